The van der Waals surface area contributed by atoms with Crippen LogP contribution in [-0.2, 0) is 9.53 Å². The average Bonchev–Trinajstić information content (AvgIpc) is 2.64. The molecule has 0 rings (SSSR count). The van der Waals surface area contributed by atoms with Crippen molar-refractivity contribution in [2.45, 2.75) is 143 Å². The number of carbonyl (C=O) groups excluding carboxylic acids is 1. The second kappa shape index (κ2) is 21.2. The molecule has 0 aromatic rings. The van der Waals surface area contributed by atoms with Crippen LogP contribution in [0.4, 0.5) is 0 Å². The summed E-state index contributed by atoms with van der Waals surface area (Å²) < 4.78 is 5.37. The van der Waals surface area contributed by atoms with Gasteiger partial charge in [0.1, 0.15) is 0 Å². The van der Waals surface area contributed by atoms with E-state index in [1.807, 2.05) is 0 Å². The van der Waals surface area contributed by atoms with Crippen LogP contribution in [0.3, 0.4) is 0 Å². The first kappa shape index (κ1) is 27.5. The van der Waals surface area contributed by atoms with Crippen LogP contribution < -0.4 is 0 Å². The van der Waals surface area contributed by atoms with E-state index in [0.29, 0.717) is 13.0 Å². The number of carbonyl (C=O) groups is 1. The molecule has 0 fully saturated rings. The van der Waals surface area contributed by atoms with Gasteiger partial charge in [-0.3, -0.25) is 4.79 Å². The van der Waals surface area contributed by atoms with E-state index in [9.17, 15) is 4.79 Å². The quantitative estimate of drug-likeness (QED) is 0.143. The highest BCUT2D eigenvalue weighted by Crippen LogP contribution is 2.14. The van der Waals surface area contributed by atoms with Crippen LogP contribution in [0, 0.1) is 11.8 Å². The SMILES string of the molecule is CC(C)CCCCCCCCCCOC(=O)CCCCCCCCCC(C)C. The second-order valence-electron chi connectivity index (χ2n) is 9.64. The van der Waals surface area contributed by atoms with E-state index in [4.69, 9.17) is 4.74 Å². The van der Waals surface area contributed by atoms with E-state index in [-0.39, 0.29) is 5.97 Å². The lowest BCUT2D eigenvalue weighted by atomic mass is 10.0. The Hall–Kier alpha value is -0.530. The molecule has 0 saturated carbocycles. The minimum atomic E-state index is 0.0158. The summed E-state index contributed by atoms with van der Waals surface area (Å²) in [7, 11) is 0. The molecule has 2 nitrogen and oxygen atoms in total. The van der Waals surface area contributed by atoms with Gasteiger partial charge in [0.15, 0.2) is 0 Å². The maximum Gasteiger partial charge on any atom is 0.305 e. The number of hydrogen-bond donors (Lipinski definition) is 0. The summed E-state index contributed by atoms with van der Waals surface area (Å²) in [6.07, 6.45) is 22.7. The van der Waals surface area contributed by atoms with Gasteiger partial charge >= 0.3 is 5.97 Å². The van der Waals surface area contributed by atoms with Gasteiger partial charge in [0.2, 0.25) is 0 Å². The Bertz CT molecular complexity index is 322. The molecule has 0 unspecified atom stereocenters. The number of ether oxygens (including phenoxy) is 1. The van der Waals surface area contributed by atoms with Gasteiger partial charge in [-0.25, -0.2) is 0 Å². The molecule has 0 bridgehead atoms. The first-order valence-electron chi connectivity index (χ1n) is 12.7. The molecular formula is C26H52O2. The minimum Gasteiger partial charge on any atom is -0.466 e. The first-order chi connectivity index (χ1) is 13.5. The summed E-state index contributed by atoms with van der Waals surface area (Å²) in [5, 5.41) is 0. The summed E-state index contributed by atoms with van der Waals surface area (Å²) >= 11 is 0. The van der Waals surface area contributed by atoms with E-state index >= 15 is 0 Å². The minimum absolute atomic E-state index is 0.0158. The van der Waals surface area contributed by atoms with Crippen molar-refractivity contribution in [3.05, 3.63) is 0 Å². The molecule has 28 heavy (non-hydrogen) atoms. The zero-order valence-corrected chi connectivity index (χ0v) is 19.9. The van der Waals surface area contributed by atoms with E-state index in [1.165, 1.54) is 96.3 Å². The van der Waals surface area contributed by atoms with E-state index in [0.717, 1.165) is 24.7 Å². The van der Waals surface area contributed by atoms with Crippen molar-refractivity contribution in [3.63, 3.8) is 0 Å². The van der Waals surface area contributed by atoms with Crippen LogP contribution >= 0.6 is 0 Å². The largest absolute Gasteiger partial charge is 0.466 e. The van der Waals surface area contributed by atoms with Gasteiger partial charge < -0.3 is 4.74 Å². The van der Waals surface area contributed by atoms with Crippen molar-refractivity contribution in [3.8, 4) is 0 Å². The summed E-state index contributed by atoms with van der Waals surface area (Å²) in [6, 6.07) is 0. The normalized spacial score (nSPS) is 11.5. The number of esters is 1. The molecule has 0 atom stereocenters. The molecule has 0 radical (unpaired) electrons. The van der Waals surface area contributed by atoms with Crippen molar-refractivity contribution in [1.29, 1.82) is 0 Å². The van der Waals surface area contributed by atoms with Crippen LogP contribution in [0.1, 0.15) is 143 Å². The van der Waals surface area contributed by atoms with Crippen LogP contribution in [-0.4, -0.2) is 12.6 Å². The Morgan fingerprint density at radius 3 is 1.32 bits per heavy atom. The maximum atomic E-state index is 11.7. The summed E-state index contributed by atoms with van der Waals surface area (Å²) in [5.41, 5.74) is 0. The Balaban J connectivity index is 3.17. The summed E-state index contributed by atoms with van der Waals surface area (Å²) in [5.74, 6) is 1.71. The smallest absolute Gasteiger partial charge is 0.305 e. The van der Waals surface area contributed by atoms with Crippen LogP contribution in [0.25, 0.3) is 0 Å². The fourth-order valence-corrected chi connectivity index (χ4v) is 3.68. The third-order valence-corrected chi connectivity index (χ3v) is 5.60. The lowest BCUT2D eigenvalue weighted by Crippen LogP contribution is -2.05. The molecule has 0 heterocycles. The van der Waals surface area contributed by atoms with Crippen molar-refractivity contribution in [2.75, 3.05) is 6.61 Å². The lowest BCUT2D eigenvalue weighted by Gasteiger charge is -2.06. The standard InChI is InChI=1S/C26H52O2/c1-24(2)20-16-12-8-5-6-11-15-19-23-28-26(27)22-18-14-10-7-9-13-17-21-25(3)4/h24-25H,5-23H2,1-4H3. The monoisotopic (exact) mass is 396 g/mol. The third-order valence-electron chi connectivity index (χ3n) is 5.60. The zero-order chi connectivity index (χ0) is 20.9. The molecule has 0 aliphatic rings. The lowest BCUT2D eigenvalue weighted by molar-refractivity contribution is -0.143. The molecule has 2 heteroatoms. The van der Waals surface area contributed by atoms with Crippen molar-refractivity contribution in [1.82, 2.24) is 0 Å². The van der Waals surface area contributed by atoms with Crippen LogP contribution in [0.2, 0.25) is 0 Å². The highest BCUT2D eigenvalue weighted by molar-refractivity contribution is 5.69. The maximum absolute atomic E-state index is 11.7. The molecule has 0 aliphatic heterocycles. The Morgan fingerprint density at radius 1 is 0.536 bits per heavy atom. The van der Waals surface area contributed by atoms with Crippen molar-refractivity contribution >= 4 is 5.97 Å². The van der Waals surface area contributed by atoms with Gasteiger partial charge in [-0.2, -0.15) is 0 Å². The summed E-state index contributed by atoms with van der Waals surface area (Å²) in [6.45, 7) is 9.85. The average molecular weight is 397 g/mol. The zero-order valence-electron chi connectivity index (χ0n) is 19.9. The van der Waals surface area contributed by atoms with Gasteiger partial charge in [0.25, 0.3) is 0 Å². The van der Waals surface area contributed by atoms with Gasteiger partial charge in [-0.1, -0.05) is 124 Å². The summed E-state index contributed by atoms with van der Waals surface area (Å²) in [4.78, 5) is 11.7. The van der Waals surface area contributed by atoms with Gasteiger partial charge in [0.05, 0.1) is 6.61 Å². The van der Waals surface area contributed by atoms with Gasteiger partial charge in [-0.15, -0.1) is 0 Å². The highest BCUT2D eigenvalue weighted by Gasteiger charge is 2.03. The number of unbranched alkanes of at least 4 members (excludes halogenated alkanes) is 13. The fraction of sp³-hybridized carbons (Fsp3) is 0.962. The molecular weight excluding hydrogens is 344 g/mol. The third kappa shape index (κ3) is 23.5. The molecule has 0 aliphatic carbocycles. The second-order valence-corrected chi connectivity index (χ2v) is 9.64. The highest BCUT2D eigenvalue weighted by atomic mass is 16.5. The first-order valence-corrected chi connectivity index (χ1v) is 12.7. The van der Waals surface area contributed by atoms with E-state index in [1.54, 1.807) is 0 Å². The van der Waals surface area contributed by atoms with Gasteiger partial charge in [-0.05, 0) is 24.7 Å². The van der Waals surface area contributed by atoms with Gasteiger partial charge in [0, 0.05) is 6.42 Å². The van der Waals surface area contributed by atoms with Crippen LogP contribution in [0.15, 0.2) is 0 Å². The van der Waals surface area contributed by atoms with E-state index in [2.05, 4.69) is 27.7 Å². The molecule has 0 N–H and O–H groups in total. The number of rotatable bonds is 21. The Labute approximate surface area is 177 Å². The number of hydrogen-bond acceptors (Lipinski definition) is 2. The molecule has 0 aromatic carbocycles. The predicted octanol–water partition coefficient (Wildman–Crippen LogP) is 8.86. The van der Waals surface area contributed by atoms with E-state index < -0.39 is 0 Å². The van der Waals surface area contributed by atoms with Crippen molar-refractivity contribution < 1.29 is 9.53 Å². The van der Waals surface area contributed by atoms with Crippen LogP contribution in [0.5, 0.6) is 0 Å². The predicted molar refractivity (Wildman–Crippen MR) is 124 cm³/mol. The molecule has 168 valence electrons. The molecule has 0 spiro atoms. The Kier molecular flexibility index (Phi) is 20.8. The fourth-order valence-electron chi connectivity index (χ4n) is 3.68. The van der Waals surface area contributed by atoms with Crippen molar-refractivity contribution in [2.24, 2.45) is 11.8 Å². The molecule has 0 saturated heterocycles. The Morgan fingerprint density at radius 2 is 0.893 bits per heavy atom. The topological polar surface area (TPSA) is 26.3 Å². The molecule has 0 amide bonds. The molecule has 0 aromatic heterocycles.